The zero-order valence-corrected chi connectivity index (χ0v) is 8.98. The molecule has 1 heterocycles. The Balaban J connectivity index is 2.26. The number of likely N-dealkylation sites (N-methyl/N-ethyl adjacent to an activating group) is 1. The molecule has 0 aromatic heterocycles. The number of rotatable bonds is 2. The summed E-state index contributed by atoms with van der Waals surface area (Å²) in [7, 11) is -1.35. The highest BCUT2D eigenvalue weighted by atomic mass is 16.4. The molecule has 0 radical (unpaired) electrons. The maximum absolute atomic E-state index is 9.09. The van der Waals surface area contributed by atoms with Crippen LogP contribution in [0.25, 0.3) is 0 Å². The average molecular weight is 205 g/mol. The molecule has 0 saturated carbocycles. The molecule has 0 amide bonds. The van der Waals surface area contributed by atoms with Crippen LogP contribution >= 0.6 is 0 Å². The van der Waals surface area contributed by atoms with Crippen molar-refractivity contribution >= 4 is 12.6 Å². The minimum atomic E-state index is -1.35. The molecule has 2 N–H and O–H groups in total. The van der Waals surface area contributed by atoms with Crippen molar-refractivity contribution in [3.63, 3.8) is 0 Å². The van der Waals surface area contributed by atoms with Gasteiger partial charge >= 0.3 is 7.12 Å². The van der Waals surface area contributed by atoms with Gasteiger partial charge in [-0.1, -0.05) is 25.1 Å². The van der Waals surface area contributed by atoms with E-state index in [0.29, 0.717) is 5.46 Å². The summed E-state index contributed by atoms with van der Waals surface area (Å²) in [5.41, 5.74) is 3.16. The van der Waals surface area contributed by atoms with Gasteiger partial charge in [0.1, 0.15) is 0 Å². The third-order valence-electron chi connectivity index (χ3n) is 3.07. The van der Waals surface area contributed by atoms with Crippen molar-refractivity contribution in [2.45, 2.75) is 19.9 Å². The number of hydrogen-bond acceptors (Lipinski definition) is 3. The maximum Gasteiger partial charge on any atom is 0.488 e. The summed E-state index contributed by atoms with van der Waals surface area (Å²) in [6.07, 6.45) is 1.06. The fourth-order valence-corrected chi connectivity index (χ4v) is 2.07. The Hall–Kier alpha value is -0.835. The predicted molar refractivity (Wildman–Crippen MR) is 60.9 cm³/mol. The van der Waals surface area contributed by atoms with E-state index in [4.69, 9.17) is 10.0 Å². The van der Waals surface area contributed by atoms with Gasteiger partial charge in [0, 0.05) is 13.1 Å². The smallest absolute Gasteiger partial charge is 0.423 e. The number of nitrogens with zero attached hydrogens (tertiary/aromatic N) is 1. The Morgan fingerprint density at radius 2 is 2.13 bits per heavy atom. The molecule has 3 nitrogen and oxygen atoms in total. The monoisotopic (exact) mass is 205 g/mol. The van der Waals surface area contributed by atoms with E-state index in [2.05, 4.69) is 11.8 Å². The van der Waals surface area contributed by atoms with Gasteiger partial charge in [-0.25, -0.2) is 0 Å². The minimum absolute atomic E-state index is 0.590. The topological polar surface area (TPSA) is 43.7 Å². The number of benzene rings is 1. The second kappa shape index (κ2) is 4.35. The Morgan fingerprint density at radius 3 is 2.80 bits per heavy atom. The van der Waals surface area contributed by atoms with E-state index in [9.17, 15) is 0 Å². The Labute approximate surface area is 90.5 Å². The molecule has 0 unspecified atom stereocenters. The third-order valence-corrected chi connectivity index (χ3v) is 3.07. The van der Waals surface area contributed by atoms with Crippen LogP contribution in [0.4, 0.5) is 0 Å². The first-order valence-electron chi connectivity index (χ1n) is 5.41. The summed E-state index contributed by atoms with van der Waals surface area (Å²) in [6, 6.07) is 5.71. The van der Waals surface area contributed by atoms with Crippen molar-refractivity contribution < 1.29 is 10.0 Å². The van der Waals surface area contributed by atoms with Crippen LogP contribution in [0.1, 0.15) is 18.1 Å². The third kappa shape index (κ3) is 2.22. The summed E-state index contributed by atoms with van der Waals surface area (Å²) in [4.78, 5) is 2.36. The lowest BCUT2D eigenvalue weighted by Gasteiger charge is -2.27. The lowest BCUT2D eigenvalue weighted by Crippen LogP contribution is -2.34. The van der Waals surface area contributed by atoms with Gasteiger partial charge in [-0.3, -0.25) is 4.90 Å². The Bertz CT molecular complexity index is 354. The van der Waals surface area contributed by atoms with Crippen molar-refractivity contribution in [2.24, 2.45) is 0 Å². The van der Waals surface area contributed by atoms with E-state index in [1.165, 1.54) is 11.1 Å². The van der Waals surface area contributed by atoms with Gasteiger partial charge in [-0.15, -0.1) is 0 Å². The van der Waals surface area contributed by atoms with Gasteiger partial charge in [0.05, 0.1) is 0 Å². The normalized spacial score (nSPS) is 16.2. The summed E-state index contributed by atoms with van der Waals surface area (Å²) in [6.45, 7) is 5.22. The first-order valence-corrected chi connectivity index (χ1v) is 5.41. The molecule has 4 heteroatoms. The summed E-state index contributed by atoms with van der Waals surface area (Å²) < 4.78 is 0. The first-order chi connectivity index (χ1) is 7.20. The molecule has 15 heavy (non-hydrogen) atoms. The van der Waals surface area contributed by atoms with Crippen molar-refractivity contribution in [1.29, 1.82) is 0 Å². The molecule has 0 fully saturated rings. The van der Waals surface area contributed by atoms with Crippen LogP contribution in [0.3, 0.4) is 0 Å². The van der Waals surface area contributed by atoms with E-state index < -0.39 is 7.12 Å². The Morgan fingerprint density at radius 1 is 1.33 bits per heavy atom. The van der Waals surface area contributed by atoms with E-state index in [1.54, 1.807) is 6.07 Å². The molecular weight excluding hydrogens is 189 g/mol. The summed E-state index contributed by atoms with van der Waals surface area (Å²) in [5, 5.41) is 18.2. The quantitative estimate of drug-likeness (QED) is 0.654. The number of hydrogen-bond donors (Lipinski definition) is 2. The molecule has 0 aliphatic carbocycles. The Kier molecular flexibility index (Phi) is 3.10. The van der Waals surface area contributed by atoms with E-state index in [-0.39, 0.29) is 0 Å². The summed E-state index contributed by atoms with van der Waals surface area (Å²) in [5.74, 6) is 0. The van der Waals surface area contributed by atoms with Crippen molar-refractivity contribution in [2.75, 3.05) is 13.1 Å². The molecule has 0 bridgehead atoms. The van der Waals surface area contributed by atoms with Gasteiger partial charge in [0.25, 0.3) is 0 Å². The van der Waals surface area contributed by atoms with E-state index >= 15 is 0 Å². The van der Waals surface area contributed by atoms with Gasteiger partial charge in [-0.05, 0) is 29.6 Å². The lowest BCUT2D eigenvalue weighted by atomic mass is 9.78. The average Bonchev–Trinajstić information content (AvgIpc) is 2.27. The van der Waals surface area contributed by atoms with Crippen LogP contribution in [-0.2, 0) is 13.0 Å². The second-order valence-electron chi connectivity index (χ2n) is 4.02. The molecule has 1 aromatic rings. The fourth-order valence-electron chi connectivity index (χ4n) is 2.07. The molecule has 1 aromatic carbocycles. The van der Waals surface area contributed by atoms with Crippen LogP contribution < -0.4 is 5.46 Å². The predicted octanol–water partition coefficient (Wildman–Crippen LogP) is -0.256. The standard InChI is InChI=1S/C11H16BNO2/c1-2-13-6-5-9-3-4-11(12(14)15)7-10(9)8-13/h3-4,7,14-15H,2,5-6,8H2,1H3. The fraction of sp³-hybridized carbons (Fsp3) is 0.455. The van der Waals surface area contributed by atoms with Crippen LogP contribution in [0.2, 0.25) is 0 Å². The summed E-state index contributed by atoms with van der Waals surface area (Å²) >= 11 is 0. The molecule has 80 valence electrons. The SMILES string of the molecule is CCN1CCc2ccc(B(O)O)cc2C1. The van der Waals surface area contributed by atoms with Crippen molar-refractivity contribution in [3.05, 3.63) is 29.3 Å². The minimum Gasteiger partial charge on any atom is -0.423 e. The second-order valence-corrected chi connectivity index (χ2v) is 4.02. The van der Waals surface area contributed by atoms with Gasteiger partial charge in [-0.2, -0.15) is 0 Å². The van der Waals surface area contributed by atoms with Crippen molar-refractivity contribution in [3.8, 4) is 0 Å². The maximum atomic E-state index is 9.09. The highest BCUT2D eigenvalue weighted by Crippen LogP contribution is 2.17. The molecule has 1 aliphatic rings. The van der Waals surface area contributed by atoms with Gasteiger partial charge < -0.3 is 10.0 Å². The molecule has 1 aliphatic heterocycles. The molecular formula is C11H16BNO2. The van der Waals surface area contributed by atoms with Crippen LogP contribution in [-0.4, -0.2) is 35.2 Å². The zero-order valence-electron chi connectivity index (χ0n) is 8.98. The molecule has 2 rings (SSSR count). The van der Waals surface area contributed by atoms with Crippen LogP contribution in [0, 0.1) is 0 Å². The molecule has 0 atom stereocenters. The van der Waals surface area contributed by atoms with Gasteiger partial charge in [0.2, 0.25) is 0 Å². The highest BCUT2D eigenvalue weighted by molar-refractivity contribution is 6.58. The van der Waals surface area contributed by atoms with Crippen LogP contribution in [0.15, 0.2) is 18.2 Å². The zero-order chi connectivity index (χ0) is 10.8. The highest BCUT2D eigenvalue weighted by Gasteiger charge is 2.18. The van der Waals surface area contributed by atoms with E-state index in [1.807, 2.05) is 12.1 Å². The first kappa shape index (κ1) is 10.7. The molecule has 0 spiro atoms. The lowest BCUT2D eigenvalue weighted by molar-refractivity contribution is 0.268. The molecule has 0 saturated heterocycles. The van der Waals surface area contributed by atoms with Crippen molar-refractivity contribution in [1.82, 2.24) is 4.90 Å². The van der Waals surface area contributed by atoms with Gasteiger partial charge in [0.15, 0.2) is 0 Å². The number of fused-ring (bicyclic) bond motifs is 1. The van der Waals surface area contributed by atoms with E-state index in [0.717, 1.165) is 26.1 Å². The largest absolute Gasteiger partial charge is 0.488 e. The van der Waals surface area contributed by atoms with Crippen LogP contribution in [0.5, 0.6) is 0 Å².